The number of carbonyl (C=O) groups is 1. The largest absolute Gasteiger partial charge is 0.478 e. The molecule has 1 aliphatic rings. The third-order valence-electron chi connectivity index (χ3n) is 3.26. The molecule has 1 unspecified atom stereocenters. The lowest BCUT2D eigenvalue weighted by Crippen LogP contribution is -2.30. The molecule has 15 heavy (non-hydrogen) atoms. The summed E-state index contributed by atoms with van der Waals surface area (Å²) in [5.41, 5.74) is 1.15. The number of carboxylic acids is 1. The fraction of sp³-hybridized carbons (Fsp3) is 0.455. The molecule has 4 nitrogen and oxygen atoms in total. The van der Waals surface area contributed by atoms with E-state index in [-0.39, 0.29) is 17.0 Å². The van der Waals surface area contributed by atoms with Gasteiger partial charge in [-0.15, -0.1) is 0 Å². The lowest BCUT2D eigenvalue weighted by molar-refractivity contribution is 0.0696. The van der Waals surface area contributed by atoms with Gasteiger partial charge in [0.25, 0.3) is 0 Å². The summed E-state index contributed by atoms with van der Waals surface area (Å²) in [4.78, 5) is 15.0. The fourth-order valence-electron chi connectivity index (χ4n) is 1.81. The van der Waals surface area contributed by atoms with Crippen LogP contribution in [0.2, 0.25) is 0 Å². The molecular weight excluding hydrogens is 192 g/mol. The van der Waals surface area contributed by atoms with Gasteiger partial charge >= 0.3 is 5.97 Å². The first-order valence-corrected chi connectivity index (χ1v) is 4.93. The molecule has 1 atom stereocenters. The summed E-state index contributed by atoms with van der Waals surface area (Å²) < 4.78 is 0. The molecule has 0 saturated carbocycles. The Morgan fingerprint density at radius 1 is 1.60 bits per heavy atom. The van der Waals surface area contributed by atoms with Gasteiger partial charge in [-0.05, 0) is 13.0 Å². The molecule has 2 rings (SSSR count). The molecule has 4 heteroatoms. The van der Waals surface area contributed by atoms with Gasteiger partial charge in [-0.1, -0.05) is 13.8 Å². The summed E-state index contributed by atoms with van der Waals surface area (Å²) in [5.74, 6) is -0.127. The van der Waals surface area contributed by atoms with Crippen molar-refractivity contribution in [2.24, 2.45) is 0 Å². The standard InChI is InChI=1S/C11H14N2O2/c1-6-11(2,3)8-4-7(10(14)15)5-12-9(8)13-6/h4-6H,1-3H3,(H,12,13)(H,14,15). The minimum absolute atomic E-state index is 0.0756. The van der Waals surface area contributed by atoms with E-state index in [0.717, 1.165) is 11.4 Å². The average molecular weight is 206 g/mol. The second kappa shape index (κ2) is 2.95. The third-order valence-corrected chi connectivity index (χ3v) is 3.26. The molecule has 1 aliphatic heterocycles. The molecule has 1 aromatic rings. The van der Waals surface area contributed by atoms with Crippen LogP contribution in [0.1, 0.15) is 36.7 Å². The number of anilines is 1. The van der Waals surface area contributed by atoms with Gasteiger partial charge < -0.3 is 10.4 Å². The fourth-order valence-corrected chi connectivity index (χ4v) is 1.81. The van der Waals surface area contributed by atoms with Crippen LogP contribution in [0.15, 0.2) is 12.3 Å². The smallest absolute Gasteiger partial charge is 0.337 e. The molecule has 0 amide bonds. The van der Waals surface area contributed by atoms with Crippen molar-refractivity contribution in [2.75, 3.05) is 5.32 Å². The minimum Gasteiger partial charge on any atom is -0.478 e. The van der Waals surface area contributed by atoms with E-state index in [2.05, 4.69) is 31.1 Å². The molecule has 0 spiro atoms. The van der Waals surface area contributed by atoms with Crippen molar-refractivity contribution in [1.29, 1.82) is 0 Å². The van der Waals surface area contributed by atoms with Crippen LogP contribution >= 0.6 is 0 Å². The highest BCUT2D eigenvalue weighted by molar-refractivity contribution is 5.88. The van der Waals surface area contributed by atoms with Crippen molar-refractivity contribution < 1.29 is 9.90 Å². The van der Waals surface area contributed by atoms with Gasteiger partial charge in [0.05, 0.1) is 5.56 Å². The van der Waals surface area contributed by atoms with E-state index in [4.69, 9.17) is 5.11 Å². The van der Waals surface area contributed by atoms with Crippen molar-refractivity contribution in [2.45, 2.75) is 32.2 Å². The number of nitrogens with one attached hydrogen (secondary N) is 1. The number of fused-ring (bicyclic) bond motifs is 1. The number of pyridine rings is 1. The SMILES string of the molecule is CC1Nc2ncc(C(=O)O)cc2C1(C)C. The van der Waals surface area contributed by atoms with Crippen LogP contribution in [-0.2, 0) is 5.41 Å². The zero-order valence-electron chi connectivity index (χ0n) is 9.03. The number of nitrogens with zero attached hydrogens (tertiary/aromatic N) is 1. The van der Waals surface area contributed by atoms with Crippen molar-refractivity contribution in [1.82, 2.24) is 4.98 Å². The van der Waals surface area contributed by atoms with Gasteiger partial charge in [0, 0.05) is 23.2 Å². The molecule has 80 valence electrons. The Morgan fingerprint density at radius 3 is 2.87 bits per heavy atom. The minimum atomic E-state index is -0.930. The van der Waals surface area contributed by atoms with Gasteiger partial charge in [-0.2, -0.15) is 0 Å². The van der Waals surface area contributed by atoms with Crippen LogP contribution < -0.4 is 5.32 Å². The molecule has 0 fully saturated rings. The predicted molar refractivity (Wildman–Crippen MR) is 57.3 cm³/mol. The molecule has 1 aromatic heterocycles. The van der Waals surface area contributed by atoms with Gasteiger partial charge in [0.15, 0.2) is 0 Å². The summed E-state index contributed by atoms with van der Waals surface area (Å²) in [6.07, 6.45) is 1.39. The molecule has 2 heterocycles. The summed E-state index contributed by atoms with van der Waals surface area (Å²) in [7, 11) is 0. The number of aromatic nitrogens is 1. The summed E-state index contributed by atoms with van der Waals surface area (Å²) in [6, 6.07) is 1.98. The summed E-state index contributed by atoms with van der Waals surface area (Å²) in [5, 5.41) is 12.1. The van der Waals surface area contributed by atoms with E-state index in [0.29, 0.717) is 0 Å². The van der Waals surface area contributed by atoms with Gasteiger partial charge in [0.1, 0.15) is 5.82 Å². The molecule has 2 N–H and O–H groups in total. The normalized spacial score (nSPS) is 21.9. The van der Waals surface area contributed by atoms with Crippen molar-refractivity contribution in [3.05, 3.63) is 23.4 Å². The van der Waals surface area contributed by atoms with Gasteiger partial charge in [0.2, 0.25) is 0 Å². The van der Waals surface area contributed by atoms with Crippen LogP contribution in [0.5, 0.6) is 0 Å². The zero-order chi connectivity index (χ0) is 11.2. The number of rotatable bonds is 1. The van der Waals surface area contributed by atoms with Gasteiger partial charge in [-0.3, -0.25) is 0 Å². The first kappa shape index (κ1) is 9.96. The van der Waals surface area contributed by atoms with Crippen molar-refractivity contribution >= 4 is 11.8 Å². The Balaban J connectivity index is 2.55. The topological polar surface area (TPSA) is 62.2 Å². The highest BCUT2D eigenvalue weighted by atomic mass is 16.4. The molecular formula is C11H14N2O2. The van der Waals surface area contributed by atoms with Crippen LogP contribution in [-0.4, -0.2) is 22.1 Å². The Hall–Kier alpha value is -1.58. The maximum atomic E-state index is 10.8. The number of hydrogen-bond acceptors (Lipinski definition) is 3. The number of hydrogen-bond donors (Lipinski definition) is 2. The molecule has 0 aromatic carbocycles. The Bertz CT molecular complexity index is 427. The maximum absolute atomic E-state index is 10.8. The van der Waals surface area contributed by atoms with Crippen LogP contribution in [0.25, 0.3) is 0 Å². The average Bonchev–Trinajstić information content (AvgIpc) is 2.38. The van der Waals surface area contributed by atoms with Crippen molar-refractivity contribution in [3.8, 4) is 0 Å². The lowest BCUT2D eigenvalue weighted by atomic mass is 9.82. The van der Waals surface area contributed by atoms with E-state index in [9.17, 15) is 4.79 Å². The Labute approximate surface area is 88.3 Å². The number of carboxylic acid groups (broad SMARTS) is 1. The maximum Gasteiger partial charge on any atom is 0.337 e. The first-order valence-electron chi connectivity index (χ1n) is 4.93. The Morgan fingerprint density at radius 2 is 2.27 bits per heavy atom. The highest BCUT2D eigenvalue weighted by Crippen LogP contribution is 2.39. The van der Waals surface area contributed by atoms with E-state index >= 15 is 0 Å². The summed E-state index contributed by atoms with van der Waals surface area (Å²) >= 11 is 0. The molecule has 0 radical (unpaired) electrons. The van der Waals surface area contributed by atoms with Crippen molar-refractivity contribution in [3.63, 3.8) is 0 Å². The van der Waals surface area contributed by atoms with E-state index in [1.54, 1.807) is 6.07 Å². The third kappa shape index (κ3) is 1.37. The van der Waals surface area contributed by atoms with Crippen LogP contribution in [0.3, 0.4) is 0 Å². The highest BCUT2D eigenvalue weighted by Gasteiger charge is 2.37. The van der Waals surface area contributed by atoms with Gasteiger partial charge in [-0.25, -0.2) is 9.78 Å². The second-order valence-corrected chi connectivity index (χ2v) is 4.51. The number of aromatic carboxylic acids is 1. The van der Waals surface area contributed by atoms with E-state index < -0.39 is 5.97 Å². The predicted octanol–water partition coefficient (Wildman–Crippen LogP) is 1.87. The second-order valence-electron chi connectivity index (χ2n) is 4.51. The quantitative estimate of drug-likeness (QED) is 0.736. The monoisotopic (exact) mass is 206 g/mol. The zero-order valence-corrected chi connectivity index (χ0v) is 9.03. The van der Waals surface area contributed by atoms with Crippen LogP contribution in [0, 0.1) is 0 Å². The summed E-state index contributed by atoms with van der Waals surface area (Å²) in [6.45, 7) is 6.25. The molecule has 0 bridgehead atoms. The first-order chi connectivity index (χ1) is 6.93. The van der Waals surface area contributed by atoms with Crippen LogP contribution in [0.4, 0.5) is 5.82 Å². The molecule has 0 saturated heterocycles. The lowest BCUT2D eigenvalue weighted by Gasteiger charge is -2.23. The van der Waals surface area contributed by atoms with E-state index in [1.807, 2.05) is 0 Å². The Kier molecular flexibility index (Phi) is 1.96. The molecule has 0 aliphatic carbocycles. The van der Waals surface area contributed by atoms with E-state index in [1.165, 1.54) is 6.20 Å².